The van der Waals surface area contributed by atoms with Gasteiger partial charge in [-0.15, -0.1) is 0 Å². The third kappa shape index (κ3) is 3.19. The van der Waals surface area contributed by atoms with E-state index in [1.807, 2.05) is 0 Å². The average molecular weight is 259 g/mol. The molecule has 0 aliphatic heterocycles. The van der Waals surface area contributed by atoms with Gasteiger partial charge in [0, 0.05) is 17.7 Å². The Morgan fingerprint density at radius 3 is 2.29 bits per heavy atom. The van der Waals surface area contributed by atoms with Crippen LogP contribution in [0.1, 0.15) is 31.1 Å². The highest BCUT2D eigenvalue weighted by Crippen LogP contribution is 2.27. The van der Waals surface area contributed by atoms with Crippen molar-refractivity contribution in [3.05, 3.63) is 29.3 Å². The van der Waals surface area contributed by atoms with E-state index in [1.165, 1.54) is 18.0 Å². The molecule has 0 aliphatic rings. The fraction of sp³-hybridized carbons (Fsp3) is 0.417. The molecule has 0 saturated heterocycles. The molecule has 1 rings (SSSR count). The molecule has 5 heteroatoms. The Bertz CT molecular complexity index is 441. The van der Waals surface area contributed by atoms with Crippen molar-refractivity contribution >= 4 is 23.4 Å². The SMILES string of the molecule is CSNc1cc(C(=O)C(C)(C)C)c(F)cc1F. The third-order valence-electron chi connectivity index (χ3n) is 2.19. The van der Waals surface area contributed by atoms with Crippen LogP contribution in [0.5, 0.6) is 0 Å². The molecular formula is C12H15F2NOS. The number of anilines is 1. The zero-order valence-electron chi connectivity index (χ0n) is 10.2. The Morgan fingerprint density at radius 1 is 1.24 bits per heavy atom. The van der Waals surface area contributed by atoms with E-state index in [0.717, 1.165) is 6.07 Å². The fourth-order valence-corrected chi connectivity index (χ4v) is 1.69. The smallest absolute Gasteiger partial charge is 0.171 e. The summed E-state index contributed by atoms with van der Waals surface area (Å²) in [4.78, 5) is 12.0. The molecule has 0 radical (unpaired) electrons. The lowest BCUT2D eigenvalue weighted by Crippen LogP contribution is -2.21. The number of benzene rings is 1. The highest BCUT2D eigenvalue weighted by Gasteiger charge is 2.26. The molecule has 94 valence electrons. The standard InChI is InChI=1S/C12H15F2NOS/c1-12(2,3)11(16)7-5-10(15-17-4)9(14)6-8(7)13/h5-6,15H,1-4H3. The Labute approximate surface area is 104 Å². The van der Waals surface area contributed by atoms with Crippen LogP contribution < -0.4 is 4.72 Å². The summed E-state index contributed by atoms with van der Waals surface area (Å²) in [5.41, 5.74) is -0.670. The van der Waals surface area contributed by atoms with Gasteiger partial charge in [0.2, 0.25) is 0 Å². The van der Waals surface area contributed by atoms with Gasteiger partial charge in [-0.3, -0.25) is 4.79 Å². The lowest BCUT2D eigenvalue weighted by atomic mass is 9.86. The van der Waals surface area contributed by atoms with E-state index >= 15 is 0 Å². The minimum atomic E-state index is -0.825. The quantitative estimate of drug-likeness (QED) is 0.659. The van der Waals surface area contributed by atoms with Gasteiger partial charge in [0.15, 0.2) is 5.78 Å². The summed E-state index contributed by atoms with van der Waals surface area (Å²) in [6.45, 7) is 5.08. The van der Waals surface area contributed by atoms with E-state index in [0.29, 0.717) is 0 Å². The molecule has 0 aromatic heterocycles. The van der Waals surface area contributed by atoms with Crippen molar-refractivity contribution in [1.29, 1.82) is 0 Å². The molecule has 0 fully saturated rings. The average Bonchev–Trinajstić information content (AvgIpc) is 2.20. The number of halogens is 2. The minimum absolute atomic E-state index is 0.0875. The van der Waals surface area contributed by atoms with Crippen LogP contribution in [0.3, 0.4) is 0 Å². The van der Waals surface area contributed by atoms with Crippen molar-refractivity contribution in [2.75, 3.05) is 11.0 Å². The molecule has 17 heavy (non-hydrogen) atoms. The van der Waals surface area contributed by atoms with Crippen molar-refractivity contribution in [2.24, 2.45) is 5.41 Å². The Kier molecular flexibility index (Phi) is 4.14. The maximum atomic E-state index is 13.6. The number of carbonyl (C=O) groups excluding carboxylic acids is 1. The maximum absolute atomic E-state index is 13.6. The summed E-state index contributed by atoms with van der Waals surface area (Å²) in [7, 11) is 0. The van der Waals surface area contributed by atoms with Gasteiger partial charge in [-0.25, -0.2) is 8.78 Å². The zero-order chi connectivity index (χ0) is 13.2. The Balaban J connectivity index is 3.25. The largest absolute Gasteiger partial charge is 0.327 e. The van der Waals surface area contributed by atoms with Crippen molar-refractivity contribution in [3.8, 4) is 0 Å². The minimum Gasteiger partial charge on any atom is -0.327 e. The van der Waals surface area contributed by atoms with Gasteiger partial charge in [0.25, 0.3) is 0 Å². The second-order valence-corrected chi connectivity index (χ2v) is 5.31. The van der Waals surface area contributed by atoms with Crippen molar-refractivity contribution in [2.45, 2.75) is 20.8 Å². The number of carbonyl (C=O) groups is 1. The van der Waals surface area contributed by atoms with Crippen LogP contribution in [0.25, 0.3) is 0 Å². The second kappa shape index (κ2) is 5.04. The van der Waals surface area contributed by atoms with Crippen LogP contribution in [-0.4, -0.2) is 12.0 Å². The molecule has 0 atom stereocenters. The van der Waals surface area contributed by atoms with Gasteiger partial charge in [-0.05, 0) is 6.07 Å². The summed E-state index contributed by atoms with van der Waals surface area (Å²) in [5.74, 6) is -1.88. The van der Waals surface area contributed by atoms with E-state index in [9.17, 15) is 13.6 Å². The zero-order valence-corrected chi connectivity index (χ0v) is 11.0. The van der Waals surface area contributed by atoms with Crippen LogP contribution in [0.4, 0.5) is 14.5 Å². The molecule has 0 aliphatic carbocycles. The van der Waals surface area contributed by atoms with E-state index in [4.69, 9.17) is 0 Å². The molecule has 1 N–H and O–H groups in total. The predicted octanol–water partition coefficient (Wildman–Crippen LogP) is 3.88. The monoisotopic (exact) mass is 259 g/mol. The van der Waals surface area contributed by atoms with Crippen LogP contribution in [-0.2, 0) is 0 Å². The van der Waals surface area contributed by atoms with Gasteiger partial charge in [-0.1, -0.05) is 32.7 Å². The fourth-order valence-electron chi connectivity index (χ4n) is 1.32. The van der Waals surface area contributed by atoms with Gasteiger partial charge < -0.3 is 4.72 Å². The first kappa shape index (κ1) is 14.0. The summed E-state index contributed by atoms with van der Waals surface area (Å²) in [6, 6.07) is 1.95. The molecule has 0 unspecified atom stereocenters. The highest BCUT2D eigenvalue weighted by molar-refractivity contribution is 7.99. The number of rotatable bonds is 3. The summed E-state index contributed by atoms with van der Waals surface area (Å²) in [6.07, 6.45) is 1.72. The van der Waals surface area contributed by atoms with E-state index < -0.39 is 17.0 Å². The summed E-state index contributed by atoms with van der Waals surface area (Å²) < 4.78 is 29.6. The Hall–Kier alpha value is -1.10. The van der Waals surface area contributed by atoms with E-state index in [1.54, 1.807) is 27.0 Å². The number of hydrogen-bond donors (Lipinski definition) is 1. The normalized spacial score (nSPS) is 11.4. The topological polar surface area (TPSA) is 29.1 Å². The molecule has 1 aromatic rings. The first-order valence-electron chi connectivity index (χ1n) is 5.10. The second-order valence-electron chi connectivity index (χ2n) is 4.70. The highest BCUT2D eigenvalue weighted by atomic mass is 32.2. The van der Waals surface area contributed by atoms with Crippen molar-refractivity contribution < 1.29 is 13.6 Å². The molecule has 2 nitrogen and oxygen atoms in total. The van der Waals surface area contributed by atoms with Gasteiger partial charge >= 0.3 is 0 Å². The Morgan fingerprint density at radius 2 is 1.82 bits per heavy atom. The first-order chi connectivity index (χ1) is 7.77. The lowest BCUT2D eigenvalue weighted by molar-refractivity contribution is 0.0854. The van der Waals surface area contributed by atoms with E-state index in [-0.39, 0.29) is 17.0 Å². The van der Waals surface area contributed by atoms with Crippen molar-refractivity contribution in [3.63, 3.8) is 0 Å². The predicted molar refractivity (Wildman–Crippen MR) is 67.3 cm³/mol. The summed E-state index contributed by atoms with van der Waals surface area (Å²) >= 11 is 1.18. The van der Waals surface area contributed by atoms with E-state index in [2.05, 4.69) is 4.72 Å². The van der Waals surface area contributed by atoms with Crippen LogP contribution in [0, 0.1) is 17.0 Å². The molecule has 1 aromatic carbocycles. The maximum Gasteiger partial charge on any atom is 0.171 e. The molecule has 0 bridgehead atoms. The first-order valence-corrected chi connectivity index (χ1v) is 6.32. The number of hydrogen-bond acceptors (Lipinski definition) is 3. The number of nitrogens with one attached hydrogen (secondary N) is 1. The van der Waals surface area contributed by atoms with Crippen LogP contribution in [0.15, 0.2) is 12.1 Å². The molecule has 0 amide bonds. The van der Waals surface area contributed by atoms with Gasteiger partial charge in [-0.2, -0.15) is 0 Å². The van der Waals surface area contributed by atoms with Crippen LogP contribution >= 0.6 is 11.9 Å². The molecule has 0 saturated carbocycles. The van der Waals surface area contributed by atoms with Crippen molar-refractivity contribution in [1.82, 2.24) is 0 Å². The van der Waals surface area contributed by atoms with Crippen LogP contribution in [0.2, 0.25) is 0 Å². The third-order valence-corrected chi connectivity index (χ3v) is 2.62. The number of Topliss-reactive ketones (excluding diaryl/α,β-unsaturated/α-hetero) is 1. The number of ketones is 1. The molecule has 0 spiro atoms. The molecule has 0 heterocycles. The lowest BCUT2D eigenvalue weighted by Gasteiger charge is -2.18. The van der Waals surface area contributed by atoms with Gasteiger partial charge in [0.05, 0.1) is 11.3 Å². The van der Waals surface area contributed by atoms with Gasteiger partial charge in [0.1, 0.15) is 11.6 Å². The molecular weight excluding hydrogens is 244 g/mol. The summed E-state index contributed by atoms with van der Waals surface area (Å²) in [5, 5.41) is 0.